The van der Waals surface area contributed by atoms with E-state index in [0.29, 0.717) is 0 Å². The van der Waals surface area contributed by atoms with E-state index in [-0.39, 0.29) is 0 Å². The Bertz CT molecular complexity index is 491. The van der Waals surface area contributed by atoms with Crippen LogP contribution < -0.4 is 5.32 Å². The van der Waals surface area contributed by atoms with Gasteiger partial charge in [-0.1, -0.05) is 35.9 Å². The second-order valence-corrected chi connectivity index (χ2v) is 5.65. The van der Waals surface area contributed by atoms with Crippen molar-refractivity contribution in [1.82, 2.24) is 10.3 Å². The molecule has 0 radical (unpaired) electrons. The minimum atomic E-state index is 0.827. The highest BCUT2D eigenvalue weighted by Crippen LogP contribution is 2.20. The number of hydrogen-bond donors (Lipinski definition) is 1. The molecule has 0 aliphatic heterocycles. The van der Waals surface area contributed by atoms with Crippen molar-refractivity contribution in [2.75, 3.05) is 12.3 Å². The molecule has 2 nitrogen and oxygen atoms in total. The molecule has 1 heterocycles. The lowest BCUT2D eigenvalue weighted by molar-refractivity contribution is 0.715. The molecule has 1 N–H and O–H groups in total. The minimum absolute atomic E-state index is 0.827. The molecular formula is C15H17ClN2S. The molecular weight excluding hydrogens is 276 g/mol. The summed E-state index contributed by atoms with van der Waals surface area (Å²) in [5, 5.41) is 4.24. The molecule has 0 unspecified atom stereocenters. The lowest BCUT2D eigenvalue weighted by Gasteiger charge is -2.05. The number of nitrogens with one attached hydrogen (secondary N) is 1. The Morgan fingerprint density at radius 2 is 1.95 bits per heavy atom. The molecule has 0 bridgehead atoms. The average Bonchev–Trinajstić information content (AvgIpc) is 2.45. The van der Waals surface area contributed by atoms with Gasteiger partial charge in [0.25, 0.3) is 0 Å². The third-order valence-corrected chi connectivity index (χ3v) is 4.05. The number of halogens is 1. The smallest absolute Gasteiger partial charge is 0.0541 e. The summed E-state index contributed by atoms with van der Waals surface area (Å²) < 4.78 is 0. The van der Waals surface area contributed by atoms with Crippen molar-refractivity contribution < 1.29 is 0 Å². The zero-order valence-corrected chi connectivity index (χ0v) is 12.3. The van der Waals surface area contributed by atoms with Gasteiger partial charge in [0.05, 0.1) is 5.69 Å². The van der Waals surface area contributed by atoms with Crippen LogP contribution in [0.1, 0.15) is 11.3 Å². The van der Waals surface area contributed by atoms with Crippen LogP contribution in [0.2, 0.25) is 5.02 Å². The molecule has 0 aliphatic rings. The molecule has 1 aromatic carbocycles. The van der Waals surface area contributed by atoms with E-state index in [2.05, 4.69) is 16.4 Å². The summed E-state index contributed by atoms with van der Waals surface area (Å²) >= 11 is 8.00. The van der Waals surface area contributed by atoms with E-state index in [1.807, 2.05) is 54.4 Å². The molecule has 0 spiro atoms. The van der Waals surface area contributed by atoms with Gasteiger partial charge >= 0.3 is 0 Å². The second kappa shape index (κ2) is 8.20. The first-order valence-electron chi connectivity index (χ1n) is 6.28. The van der Waals surface area contributed by atoms with E-state index in [1.54, 1.807) is 0 Å². The Labute approximate surface area is 123 Å². The van der Waals surface area contributed by atoms with Crippen LogP contribution in [0.15, 0.2) is 48.7 Å². The Morgan fingerprint density at radius 1 is 1.11 bits per heavy atom. The molecule has 0 atom stereocenters. The predicted octanol–water partition coefficient (Wildman–Crippen LogP) is 3.76. The first-order valence-corrected chi connectivity index (χ1v) is 7.81. The van der Waals surface area contributed by atoms with E-state index in [1.165, 1.54) is 5.56 Å². The molecule has 0 saturated heterocycles. The van der Waals surface area contributed by atoms with Gasteiger partial charge in [0.15, 0.2) is 0 Å². The zero-order valence-electron chi connectivity index (χ0n) is 10.7. The topological polar surface area (TPSA) is 24.9 Å². The summed E-state index contributed by atoms with van der Waals surface area (Å²) in [5.41, 5.74) is 2.29. The van der Waals surface area contributed by atoms with Crippen LogP contribution in [0.5, 0.6) is 0 Å². The SMILES string of the molecule is Clc1ccccc1CSCCNCc1ccccn1. The van der Waals surface area contributed by atoms with Crippen molar-refractivity contribution in [2.24, 2.45) is 0 Å². The lowest BCUT2D eigenvalue weighted by atomic mass is 10.2. The van der Waals surface area contributed by atoms with E-state index in [4.69, 9.17) is 11.6 Å². The fourth-order valence-electron chi connectivity index (χ4n) is 1.66. The van der Waals surface area contributed by atoms with Crippen molar-refractivity contribution in [3.05, 3.63) is 64.9 Å². The number of aromatic nitrogens is 1. The Kier molecular flexibility index (Phi) is 6.21. The highest BCUT2D eigenvalue weighted by atomic mass is 35.5. The number of benzene rings is 1. The normalized spacial score (nSPS) is 10.6. The third-order valence-electron chi connectivity index (χ3n) is 2.67. The molecule has 2 rings (SSSR count). The Hall–Kier alpha value is -1.03. The first-order chi connectivity index (χ1) is 9.36. The van der Waals surface area contributed by atoms with Crippen LogP contribution in [0.3, 0.4) is 0 Å². The number of rotatable bonds is 7. The van der Waals surface area contributed by atoms with Crippen LogP contribution in [-0.4, -0.2) is 17.3 Å². The molecule has 1 aromatic heterocycles. The highest BCUT2D eigenvalue weighted by molar-refractivity contribution is 7.98. The van der Waals surface area contributed by atoms with Crippen molar-refractivity contribution in [2.45, 2.75) is 12.3 Å². The van der Waals surface area contributed by atoms with Gasteiger partial charge in [-0.2, -0.15) is 11.8 Å². The number of pyridine rings is 1. The maximum absolute atomic E-state index is 6.11. The maximum Gasteiger partial charge on any atom is 0.0541 e. The summed E-state index contributed by atoms with van der Waals surface area (Å²) in [4.78, 5) is 4.27. The van der Waals surface area contributed by atoms with Crippen LogP contribution in [0.25, 0.3) is 0 Å². The Morgan fingerprint density at radius 3 is 2.74 bits per heavy atom. The number of thioether (sulfide) groups is 1. The van der Waals surface area contributed by atoms with Crippen molar-refractivity contribution in [3.8, 4) is 0 Å². The fourth-order valence-corrected chi connectivity index (χ4v) is 2.85. The summed E-state index contributed by atoms with van der Waals surface area (Å²) in [6.07, 6.45) is 1.82. The molecule has 19 heavy (non-hydrogen) atoms. The van der Waals surface area contributed by atoms with Crippen molar-refractivity contribution in [1.29, 1.82) is 0 Å². The molecule has 100 valence electrons. The quantitative estimate of drug-likeness (QED) is 0.787. The molecule has 0 amide bonds. The highest BCUT2D eigenvalue weighted by Gasteiger charge is 1.98. The largest absolute Gasteiger partial charge is 0.310 e. The van der Waals surface area contributed by atoms with Gasteiger partial charge in [-0.05, 0) is 23.8 Å². The number of hydrogen-bond acceptors (Lipinski definition) is 3. The van der Waals surface area contributed by atoms with Crippen LogP contribution in [-0.2, 0) is 12.3 Å². The Balaban J connectivity index is 1.59. The minimum Gasteiger partial charge on any atom is -0.310 e. The number of nitrogens with zero attached hydrogens (tertiary/aromatic N) is 1. The standard InChI is InChI=1S/C15H17ClN2S/c16-15-7-2-1-5-13(15)12-19-10-9-17-11-14-6-3-4-8-18-14/h1-8,17H,9-12H2. The molecule has 4 heteroatoms. The average molecular weight is 293 g/mol. The summed E-state index contributed by atoms with van der Waals surface area (Å²) in [5.74, 6) is 2.03. The van der Waals surface area contributed by atoms with E-state index >= 15 is 0 Å². The van der Waals surface area contributed by atoms with Crippen molar-refractivity contribution >= 4 is 23.4 Å². The van der Waals surface area contributed by atoms with Gasteiger partial charge in [-0.3, -0.25) is 4.98 Å². The molecule has 0 fully saturated rings. The van der Waals surface area contributed by atoms with Crippen LogP contribution in [0.4, 0.5) is 0 Å². The van der Waals surface area contributed by atoms with Crippen molar-refractivity contribution in [3.63, 3.8) is 0 Å². The summed E-state index contributed by atoms with van der Waals surface area (Å²) in [7, 11) is 0. The van der Waals surface area contributed by atoms with Gasteiger partial charge in [0, 0.05) is 35.8 Å². The molecule has 0 aliphatic carbocycles. The van der Waals surface area contributed by atoms with Gasteiger partial charge < -0.3 is 5.32 Å². The summed E-state index contributed by atoms with van der Waals surface area (Å²) in [6.45, 7) is 1.80. The van der Waals surface area contributed by atoms with Crippen LogP contribution in [0, 0.1) is 0 Å². The molecule has 2 aromatic rings. The van der Waals surface area contributed by atoms with Gasteiger partial charge in [-0.15, -0.1) is 0 Å². The first kappa shape index (κ1) is 14.4. The molecule has 0 saturated carbocycles. The third kappa shape index (κ3) is 5.23. The zero-order chi connectivity index (χ0) is 13.3. The maximum atomic E-state index is 6.11. The lowest BCUT2D eigenvalue weighted by Crippen LogP contribution is -2.17. The second-order valence-electron chi connectivity index (χ2n) is 4.14. The van der Waals surface area contributed by atoms with Gasteiger partial charge in [0.2, 0.25) is 0 Å². The van der Waals surface area contributed by atoms with E-state index in [0.717, 1.165) is 35.3 Å². The van der Waals surface area contributed by atoms with Gasteiger partial charge in [0.1, 0.15) is 0 Å². The van der Waals surface area contributed by atoms with Gasteiger partial charge in [-0.25, -0.2) is 0 Å². The fraction of sp³-hybridized carbons (Fsp3) is 0.267. The van der Waals surface area contributed by atoms with E-state index < -0.39 is 0 Å². The monoisotopic (exact) mass is 292 g/mol. The summed E-state index contributed by atoms with van der Waals surface area (Å²) in [6, 6.07) is 14.0. The predicted molar refractivity (Wildman–Crippen MR) is 83.6 cm³/mol. The van der Waals surface area contributed by atoms with E-state index in [9.17, 15) is 0 Å². The van der Waals surface area contributed by atoms with Crippen LogP contribution >= 0.6 is 23.4 Å².